The molecule has 1 heterocycles. The molecule has 1 aromatic heterocycles. The van der Waals surface area contributed by atoms with Crippen LogP contribution in [0, 0.1) is 6.92 Å². The second-order valence-corrected chi connectivity index (χ2v) is 9.77. The van der Waals surface area contributed by atoms with Crippen LogP contribution < -0.4 is 15.2 Å². The Morgan fingerprint density at radius 2 is 1.88 bits per heavy atom. The van der Waals surface area contributed by atoms with Crippen LogP contribution in [0.1, 0.15) is 35.9 Å². The lowest BCUT2D eigenvalue weighted by molar-refractivity contribution is 0.380. The Morgan fingerprint density at radius 1 is 1.15 bits per heavy atom. The zero-order valence-corrected chi connectivity index (χ0v) is 19.7. The average Bonchev–Trinajstić information content (AvgIpc) is 3.22. The highest BCUT2D eigenvalue weighted by Crippen LogP contribution is 2.37. The normalized spacial score (nSPS) is 13.7. The van der Waals surface area contributed by atoms with Gasteiger partial charge in [0.1, 0.15) is 16.7 Å². The van der Waals surface area contributed by atoms with Crippen LogP contribution in [0.3, 0.4) is 0 Å². The van der Waals surface area contributed by atoms with Crippen LogP contribution in [0.5, 0.6) is 5.75 Å². The fraction of sp³-hybridized carbons (Fsp3) is 0.217. The van der Waals surface area contributed by atoms with Crippen LogP contribution in [0.15, 0.2) is 68.7 Å². The van der Waals surface area contributed by atoms with E-state index in [1.165, 1.54) is 25.3 Å². The number of hydrogen-bond donors (Lipinski definition) is 2. The van der Waals surface area contributed by atoms with Crippen molar-refractivity contribution in [1.29, 1.82) is 0 Å². The molecule has 0 aliphatic carbocycles. The van der Waals surface area contributed by atoms with E-state index in [2.05, 4.69) is 14.9 Å². The number of aromatic amines is 1. The van der Waals surface area contributed by atoms with E-state index < -0.39 is 27.7 Å². The highest BCUT2D eigenvalue weighted by atomic mass is 35.5. The van der Waals surface area contributed by atoms with Crippen LogP contribution in [-0.4, -0.2) is 25.7 Å². The fourth-order valence-electron chi connectivity index (χ4n) is 3.96. The van der Waals surface area contributed by atoms with Gasteiger partial charge >= 0.3 is 5.76 Å². The number of hydrogen-bond acceptors (Lipinski definition) is 6. The van der Waals surface area contributed by atoms with Gasteiger partial charge in [-0.25, -0.2) is 18.3 Å². The molecule has 0 amide bonds. The predicted octanol–water partition coefficient (Wildman–Crippen LogP) is 4.31. The van der Waals surface area contributed by atoms with Crippen molar-refractivity contribution in [2.75, 3.05) is 7.11 Å². The van der Waals surface area contributed by atoms with E-state index in [-0.39, 0.29) is 16.5 Å². The zero-order valence-electron chi connectivity index (χ0n) is 18.1. The maximum absolute atomic E-state index is 13.4. The van der Waals surface area contributed by atoms with Crippen LogP contribution >= 0.6 is 11.6 Å². The Balaban J connectivity index is 1.83. The minimum atomic E-state index is -4.12. The van der Waals surface area contributed by atoms with Gasteiger partial charge in [0, 0.05) is 17.0 Å². The molecule has 0 fully saturated rings. The van der Waals surface area contributed by atoms with Gasteiger partial charge in [0.15, 0.2) is 0 Å². The van der Waals surface area contributed by atoms with Gasteiger partial charge < -0.3 is 9.15 Å². The van der Waals surface area contributed by atoms with Gasteiger partial charge in [-0.05, 0) is 41.0 Å². The summed E-state index contributed by atoms with van der Waals surface area (Å²) in [4.78, 5) is 11.6. The summed E-state index contributed by atoms with van der Waals surface area (Å²) in [6.07, 6.45) is 0. The van der Waals surface area contributed by atoms with Crippen LogP contribution in [-0.2, 0) is 10.0 Å². The van der Waals surface area contributed by atoms with Crippen molar-refractivity contribution >= 4 is 32.4 Å². The van der Waals surface area contributed by atoms with E-state index >= 15 is 0 Å². The summed E-state index contributed by atoms with van der Waals surface area (Å²) >= 11 is 5.99. The molecular formula is C23H22ClN3O5S. The summed E-state index contributed by atoms with van der Waals surface area (Å²) in [6.45, 7) is 3.84. The molecule has 2 unspecified atom stereocenters. The third-order valence-corrected chi connectivity index (χ3v) is 7.27. The molecule has 0 bridgehead atoms. The lowest BCUT2D eigenvalue weighted by atomic mass is 9.88. The smallest absolute Gasteiger partial charge is 0.434 e. The minimum Gasteiger partial charge on any atom is -0.495 e. The molecule has 2 N–H and O–H groups in total. The van der Waals surface area contributed by atoms with Crippen LogP contribution in [0.4, 0.5) is 0 Å². The number of nitrogens with zero attached hydrogens (tertiary/aromatic N) is 1. The van der Waals surface area contributed by atoms with E-state index in [1.54, 1.807) is 0 Å². The van der Waals surface area contributed by atoms with Gasteiger partial charge in [0.2, 0.25) is 15.9 Å². The third kappa shape index (κ3) is 4.52. The molecule has 3 aromatic carbocycles. The van der Waals surface area contributed by atoms with Gasteiger partial charge in [0.05, 0.1) is 7.11 Å². The van der Waals surface area contributed by atoms with Crippen molar-refractivity contribution in [3.05, 3.63) is 87.2 Å². The summed E-state index contributed by atoms with van der Waals surface area (Å²) < 4.78 is 39.8. The molecule has 4 aromatic rings. The van der Waals surface area contributed by atoms with Crippen molar-refractivity contribution < 1.29 is 17.6 Å². The van der Waals surface area contributed by atoms with E-state index in [9.17, 15) is 13.2 Å². The number of sulfonamides is 1. The zero-order chi connectivity index (χ0) is 23.8. The van der Waals surface area contributed by atoms with Crippen molar-refractivity contribution in [3.63, 3.8) is 0 Å². The van der Waals surface area contributed by atoms with Gasteiger partial charge in [-0.3, -0.25) is 0 Å². The Bertz CT molecular complexity index is 1470. The topological polar surface area (TPSA) is 114 Å². The van der Waals surface area contributed by atoms with E-state index in [0.717, 1.165) is 21.9 Å². The molecule has 0 radical (unpaired) electrons. The molecule has 0 aliphatic rings. The summed E-state index contributed by atoms with van der Waals surface area (Å²) in [5, 5.41) is 8.48. The highest BCUT2D eigenvalue weighted by molar-refractivity contribution is 7.89. The largest absolute Gasteiger partial charge is 0.495 e. The van der Waals surface area contributed by atoms with E-state index in [0.29, 0.717) is 5.02 Å². The predicted molar refractivity (Wildman–Crippen MR) is 125 cm³/mol. The number of H-pyrrole nitrogens is 1. The number of nitrogens with one attached hydrogen (secondary N) is 2. The van der Waals surface area contributed by atoms with Gasteiger partial charge in [-0.2, -0.15) is 4.72 Å². The second kappa shape index (κ2) is 9.01. The number of methoxy groups -OCH3 is 1. The molecule has 172 valence electrons. The highest BCUT2D eigenvalue weighted by Gasteiger charge is 2.33. The Kier molecular flexibility index (Phi) is 6.29. The molecule has 4 rings (SSSR count). The molecule has 0 aliphatic heterocycles. The number of rotatable bonds is 7. The van der Waals surface area contributed by atoms with Crippen molar-refractivity contribution in [3.8, 4) is 5.75 Å². The number of halogens is 1. The van der Waals surface area contributed by atoms with Crippen molar-refractivity contribution in [2.45, 2.75) is 30.7 Å². The van der Waals surface area contributed by atoms with Crippen molar-refractivity contribution in [1.82, 2.24) is 14.9 Å². The van der Waals surface area contributed by atoms with Crippen LogP contribution in [0.2, 0.25) is 5.02 Å². The Labute approximate surface area is 195 Å². The first-order valence-electron chi connectivity index (χ1n) is 10.1. The molecule has 33 heavy (non-hydrogen) atoms. The van der Waals surface area contributed by atoms with Gasteiger partial charge in [0.25, 0.3) is 0 Å². The second-order valence-electron chi connectivity index (χ2n) is 7.65. The Hall–Kier alpha value is -3.14. The third-order valence-electron chi connectivity index (χ3n) is 5.55. The lowest BCUT2D eigenvalue weighted by Gasteiger charge is -2.24. The summed E-state index contributed by atoms with van der Waals surface area (Å²) in [5.41, 5.74) is 1.92. The molecule has 8 nitrogen and oxygen atoms in total. The molecule has 10 heteroatoms. The number of aryl methyl sites for hydroxylation is 1. The summed E-state index contributed by atoms with van der Waals surface area (Å²) in [5.74, 6) is -1.21. The lowest BCUT2D eigenvalue weighted by Crippen LogP contribution is -2.32. The molecule has 0 spiro atoms. The number of fused-ring (bicyclic) bond motifs is 1. The monoisotopic (exact) mass is 487 g/mol. The number of ether oxygens (including phenoxy) is 1. The minimum absolute atomic E-state index is 0.0745. The summed E-state index contributed by atoms with van der Waals surface area (Å²) in [6, 6.07) is 15.0. The van der Waals surface area contributed by atoms with Gasteiger partial charge in [-0.1, -0.05) is 54.9 Å². The molecule has 0 saturated carbocycles. The summed E-state index contributed by atoms with van der Waals surface area (Å²) in [7, 11) is -2.77. The first-order chi connectivity index (χ1) is 15.7. The standard InChI is InChI=1S/C23H22ClN3O5S/c1-13-6-4-7-15-8-5-9-17(20(13)15)14(2)21(22-25-26-23(28)32-22)27-33(29,30)19-11-10-16(24)12-18(19)31-3/h4-12,14,21,27H,1-3H3,(H,26,28). The van der Waals surface area contributed by atoms with Crippen LogP contribution in [0.25, 0.3) is 10.8 Å². The maximum atomic E-state index is 13.4. The molecule has 0 saturated heterocycles. The fourth-order valence-corrected chi connectivity index (χ4v) is 5.54. The Morgan fingerprint density at radius 3 is 2.55 bits per heavy atom. The first kappa shape index (κ1) is 23.0. The molecular weight excluding hydrogens is 466 g/mol. The number of benzene rings is 3. The van der Waals surface area contributed by atoms with Crippen molar-refractivity contribution in [2.24, 2.45) is 0 Å². The quantitative estimate of drug-likeness (QED) is 0.401. The maximum Gasteiger partial charge on any atom is 0.434 e. The SMILES string of the molecule is COc1cc(Cl)ccc1S(=O)(=O)NC(c1n[nH]c(=O)o1)C(C)c1cccc2cccc(C)c12. The van der Waals surface area contributed by atoms with E-state index in [4.69, 9.17) is 20.8 Å². The first-order valence-corrected chi connectivity index (χ1v) is 12.0. The average molecular weight is 488 g/mol. The van der Waals surface area contributed by atoms with Gasteiger partial charge in [-0.15, -0.1) is 5.10 Å². The van der Waals surface area contributed by atoms with E-state index in [1.807, 2.05) is 50.2 Å². The number of aromatic nitrogens is 2. The molecule has 2 atom stereocenters.